The van der Waals surface area contributed by atoms with Crippen LogP contribution < -0.4 is 5.32 Å². The lowest BCUT2D eigenvalue weighted by Crippen LogP contribution is -2.17. The van der Waals surface area contributed by atoms with Crippen molar-refractivity contribution < 1.29 is 9.32 Å². The normalized spacial score (nSPS) is 11.1. The molecule has 0 fully saturated rings. The molecule has 0 aliphatic rings. The van der Waals surface area contributed by atoms with Crippen LogP contribution in [0.3, 0.4) is 0 Å². The van der Waals surface area contributed by atoms with Gasteiger partial charge in [0.2, 0.25) is 0 Å². The minimum Gasteiger partial charge on any atom is -0.355 e. The van der Waals surface area contributed by atoms with Crippen LogP contribution in [0.4, 0.5) is 0 Å². The van der Waals surface area contributed by atoms with Crippen LogP contribution in [-0.4, -0.2) is 27.7 Å². The molecule has 0 bridgehead atoms. The Morgan fingerprint density at radius 1 is 1.14 bits per heavy atom. The van der Waals surface area contributed by atoms with Gasteiger partial charge in [0, 0.05) is 24.7 Å². The maximum absolute atomic E-state index is 12.0. The molecule has 2 aromatic carbocycles. The number of nitrogens with zero attached hydrogens (tertiary/aromatic N) is 3. The summed E-state index contributed by atoms with van der Waals surface area (Å²) in [6.45, 7) is 6.94. The summed E-state index contributed by atoms with van der Waals surface area (Å²) in [6.07, 6.45) is 1.71. The van der Waals surface area contributed by atoms with Crippen LogP contribution in [0, 0.1) is 13.8 Å². The Kier molecular flexibility index (Phi) is 4.47. The van der Waals surface area contributed by atoms with Crippen molar-refractivity contribution in [3.63, 3.8) is 0 Å². The molecule has 2 aromatic heterocycles. The molecule has 1 N–H and O–H groups in total. The molecule has 28 heavy (non-hydrogen) atoms. The molecule has 6 heteroatoms. The predicted octanol–water partition coefficient (Wildman–Crippen LogP) is 4.35. The van der Waals surface area contributed by atoms with Gasteiger partial charge in [-0.1, -0.05) is 28.9 Å². The Morgan fingerprint density at radius 3 is 2.68 bits per heavy atom. The van der Waals surface area contributed by atoms with Gasteiger partial charge in [-0.25, -0.2) is 4.98 Å². The molecule has 2 heterocycles. The van der Waals surface area contributed by atoms with Crippen molar-refractivity contribution in [1.82, 2.24) is 20.0 Å². The van der Waals surface area contributed by atoms with E-state index in [2.05, 4.69) is 54.0 Å². The Labute approximate surface area is 163 Å². The van der Waals surface area contributed by atoms with Crippen LogP contribution in [-0.2, 0) is 6.54 Å². The number of benzene rings is 2. The Balaban J connectivity index is 1.90. The molecular weight excluding hydrogens is 352 g/mol. The zero-order valence-corrected chi connectivity index (χ0v) is 16.4. The largest absolute Gasteiger partial charge is 0.355 e. The van der Waals surface area contributed by atoms with Gasteiger partial charge in [0.25, 0.3) is 5.91 Å². The molecule has 4 aromatic rings. The topological polar surface area (TPSA) is 73.0 Å². The van der Waals surface area contributed by atoms with E-state index in [1.807, 2.05) is 18.2 Å². The Hall–Kier alpha value is -3.41. The first-order chi connectivity index (χ1) is 13.5. The maximum Gasteiger partial charge on any atom is 0.251 e. The summed E-state index contributed by atoms with van der Waals surface area (Å²) in [5, 5.41) is 6.70. The maximum atomic E-state index is 12.0. The van der Waals surface area contributed by atoms with Crippen LogP contribution in [0.15, 0.2) is 47.1 Å². The van der Waals surface area contributed by atoms with Gasteiger partial charge in [0.05, 0.1) is 22.8 Å². The molecule has 0 saturated heterocycles. The first-order valence-electron chi connectivity index (χ1n) is 9.28. The first kappa shape index (κ1) is 18.0. The SMILES string of the molecule is CCn1c(-c2cnoc2-c2ccc(C)cc2C)nc2cc(C(=O)NC)ccc21. The fourth-order valence-corrected chi connectivity index (χ4v) is 3.60. The lowest BCUT2D eigenvalue weighted by Gasteiger charge is -2.08. The second-order valence-corrected chi connectivity index (χ2v) is 6.85. The fraction of sp³-hybridized carbons (Fsp3) is 0.227. The van der Waals surface area contributed by atoms with Gasteiger partial charge in [-0.2, -0.15) is 0 Å². The molecule has 6 nitrogen and oxygen atoms in total. The number of hydrogen-bond donors (Lipinski definition) is 1. The summed E-state index contributed by atoms with van der Waals surface area (Å²) < 4.78 is 7.75. The van der Waals surface area contributed by atoms with Gasteiger partial charge < -0.3 is 14.4 Å². The summed E-state index contributed by atoms with van der Waals surface area (Å²) >= 11 is 0. The summed E-state index contributed by atoms with van der Waals surface area (Å²) in [6, 6.07) is 11.8. The van der Waals surface area contributed by atoms with Gasteiger partial charge in [-0.05, 0) is 44.5 Å². The number of carbonyl (C=O) groups is 1. The van der Waals surface area contributed by atoms with Crippen molar-refractivity contribution in [2.24, 2.45) is 0 Å². The third kappa shape index (κ3) is 2.87. The molecule has 0 aliphatic heterocycles. The molecule has 0 radical (unpaired) electrons. The molecule has 0 aliphatic carbocycles. The molecule has 1 amide bonds. The van der Waals surface area contributed by atoms with Gasteiger partial charge in [0.1, 0.15) is 5.82 Å². The van der Waals surface area contributed by atoms with Crippen LogP contribution in [0.1, 0.15) is 28.4 Å². The van der Waals surface area contributed by atoms with Gasteiger partial charge in [0.15, 0.2) is 5.76 Å². The van der Waals surface area contributed by atoms with Crippen molar-refractivity contribution >= 4 is 16.9 Å². The van der Waals surface area contributed by atoms with E-state index in [9.17, 15) is 4.79 Å². The number of aryl methyl sites for hydroxylation is 3. The van der Waals surface area contributed by atoms with E-state index in [1.165, 1.54) is 5.56 Å². The second-order valence-electron chi connectivity index (χ2n) is 6.85. The number of imidazole rings is 1. The average Bonchev–Trinajstić information content (AvgIpc) is 3.30. The van der Waals surface area contributed by atoms with Crippen LogP contribution in [0.5, 0.6) is 0 Å². The standard InChI is InChI=1S/C22H22N4O2/c1-5-26-19-9-7-15(22(27)23-4)11-18(19)25-21(26)17-12-24-28-20(17)16-8-6-13(2)10-14(16)3/h6-12H,5H2,1-4H3,(H,23,27). The number of nitrogens with one attached hydrogen (secondary N) is 1. The number of fused-ring (bicyclic) bond motifs is 1. The lowest BCUT2D eigenvalue weighted by atomic mass is 10.0. The summed E-state index contributed by atoms with van der Waals surface area (Å²) in [5.41, 5.74) is 6.49. The molecule has 4 rings (SSSR count). The zero-order valence-electron chi connectivity index (χ0n) is 16.4. The zero-order chi connectivity index (χ0) is 19.8. The third-order valence-corrected chi connectivity index (χ3v) is 4.99. The van der Waals surface area contributed by atoms with E-state index < -0.39 is 0 Å². The number of rotatable bonds is 4. The van der Waals surface area contributed by atoms with Crippen molar-refractivity contribution in [2.45, 2.75) is 27.3 Å². The van der Waals surface area contributed by atoms with E-state index in [-0.39, 0.29) is 5.91 Å². The predicted molar refractivity (Wildman–Crippen MR) is 109 cm³/mol. The second kappa shape index (κ2) is 6.96. The fourth-order valence-electron chi connectivity index (χ4n) is 3.60. The summed E-state index contributed by atoms with van der Waals surface area (Å²) in [7, 11) is 1.62. The van der Waals surface area contributed by atoms with Gasteiger partial charge >= 0.3 is 0 Å². The van der Waals surface area contributed by atoms with Crippen molar-refractivity contribution in [2.75, 3.05) is 7.05 Å². The summed E-state index contributed by atoms with van der Waals surface area (Å²) in [4.78, 5) is 16.8. The first-order valence-corrected chi connectivity index (χ1v) is 9.28. The van der Waals surface area contributed by atoms with E-state index in [0.717, 1.165) is 40.1 Å². The van der Waals surface area contributed by atoms with Gasteiger partial charge in [-0.15, -0.1) is 0 Å². The molecule has 0 spiro atoms. The number of amides is 1. The molecule has 0 saturated carbocycles. The minimum absolute atomic E-state index is 0.129. The monoisotopic (exact) mass is 374 g/mol. The highest BCUT2D eigenvalue weighted by Crippen LogP contribution is 2.35. The van der Waals surface area contributed by atoms with E-state index in [1.54, 1.807) is 13.2 Å². The van der Waals surface area contributed by atoms with Gasteiger partial charge in [-0.3, -0.25) is 4.79 Å². The van der Waals surface area contributed by atoms with Crippen LogP contribution >= 0.6 is 0 Å². The number of carbonyl (C=O) groups excluding carboxylic acids is 1. The van der Waals surface area contributed by atoms with Crippen LogP contribution in [0.2, 0.25) is 0 Å². The van der Waals surface area contributed by atoms with E-state index >= 15 is 0 Å². The summed E-state index contributed by atoms with van der Waals surface area (Å²) in [5.74, 6) is 1.35. The van der Waals surface area contributed by atoms with Crippen molar-refractivity contribution in [3.05, 3.63) is 59.3 Å². The Bertz CT molecular complexity index is 1190. The minimum atomic E-state index is -0.129. The average molecular weight is 374 g/mol. The highest BCUT2D eigenvalue weighted by molar-refractivity contribution is 5.98. The van der Waals surface area contributed by atoms with Crippen molar-refractivity contribution in [3.8, 4) is 22.7 Å². The third-order valence-electron chi connectivity index (χ3n) is 4.99. The highest BCUT2D eigenvalue weighted by Gasteiger charge is 2.21. The van der Waals surface area contributed by atoms with E-state index in [4.69, 9.17) is 9.51 Å². The molecule has 142 valence electrons. The number of aromatic nitrogens is 3. The highest BCUT2D eigenvalue weighted by atomic mass is 16.5. The molecular formula is C22H22N4O2. The Morgan fingerprint density at radius 2 is 1.96 bits per heavy atom. The smallest absolute Gasteiger partial charge is 0.251 e. The van der Waals surface area contributed by atoms with Crippen molar-refractivity contribution in [1.29, 1.82) is 0 Å². The lowest BCUT2D eigenvalue weighted by molar-refractivity contribution is 0.0963. The quantitative estimate of drug-likeness (QED) is 0.576. The molecule has 0 atom stereocenters. The molecule has 0 unspecified atom stereocenters. The van der Waals surface area contributed by atoms with Crippen LogP contribution in [0.25, 0.3) is 33.7 Å². The van der Waals surface area contributed by atoms with E-state index in [0.29, 0.717) is 11.3 Å². The number of hydrogen-bond acceptors (Lipinski definition) is 4.